The van der Waals surface area contributed by atoms with Gasteiger partial charge in [-0.1, -0.05) is 15.9 Å². The number of hydrogen-bond donors (Lipinski definition) is 2. The van der Waals surface area contributed by atoms with Gasteiger partial charge in [0.1, 0.15) is 0 Å². The lowest BCUT2D eigenvalue weighted by Crippen LogP contribution is -2.27. The molecule has 0 saturated heterocycles. The molecule has 0 spiro atoms. The first kappa shape index (κ1) is 11.6. The molecule has 1 aromatic carbocycles. The Morgan fingerprint density at radius 1 is 1.56 bits per heavy atom. The van der Waals surface area contributed by atoms with Crippen molar-refractivity contribution in [2.75, 3.05) is 11.9 Å². The van der Waals surface area contributed by atoms with E-state index in [0.717, 1.165) is 28.6 Å². The number of rotatable bonds is 3. The molecule has 0 bridgehead atoms. The van der Waals surface area contributed by atoms with Gasteiger partial charge >= 0.3 is 0 Å². The normalized spacial score (nSPS) is 16.9. The zero-order chi connectivity index (χ0) is 11.8. The van der Waals surface area contributed by atoms with Gasteiger partial charge in [-0.25, -0.2) is 0 Å². The Kier molecular flexibility index (Phi) is 3.04. The van der Waals surface area contributed by atoms with Gasteiger partial charge in [-0.3, -0.25) is 4.79 Å². The summed E-state index contributed by atoms with van der Waals surface area (Å²) < 4.78 is 1.02. The van der Waals surface area contributed by atoms with Crippen LogP contribution in [-0.4, -0.2) is 17.6 Å². The highest BCUT2D eigenvalue weighted by atomic mass is 79.9. The minimum atomic E-state index is -0.513. The molecule has 4 heteroatoms. The largest absolute Gasteiger partial charge is 0.395 e. The van der Waals surface area contributed by atoms with Gasteiger partial charge in [-0.05, 0) is 43.5 Å². The molecule has 1 amide bonds. The van der Waals surface area contributed by atoms with Crippen LogP contribution < -0.4 is 5.32 Å². The second-order valence-electron chi connectivity index (χ2n) is 4.36. The minimum Gasteiger partial charge on any atom is -0.395 e. The number of carbonyl (C=O) groups excluding carboxylic acids is 1. The molecule has 86 valence electrons. The maximum atomic E-state index is 11.8. The number of carbonyl (C=O) groups is 1. The molecule has 3 nitrogen and oxygen atoms in total. The third kappa shape index (κ3) is 2.13. The summed E-state index contributed by atoms with van der Waals surface area (Å²) in [6.07, 6.45) is 1.57. The summed E-state index contributed by atoms with van der Waals surface area (Å²) in [5, 5.41) is 12.0. The van der Waals surface area contributed by atoms with Gasteiger partial charge in [-0.2, -0.15) is 0 Å². The van der Waals surface area contributed by atoms with Crippen LogP contribution in [0, 0.1) is 12.3 Å². The van der Waals surface area contributed by atoms with Crippen LogP contribution in [0.4, 0.5) is 5.69 Å². The average molecular weight is 284 g/mol. The molecule has 0 radical (unpaired) electrons. The van der Waals surface area contributed by atoms with Crippen molar-refractivity contribution >= 4 is 27.5 Å². The lowest BCUT2D eigenvalue weighted by molar-refractivity contribution is -0.122. The van der Waals surface area contributed by atoms with Crippen LogP contribution in [0.1, 0.15) is 18.4 Å². The predicted molar refractivity (Wildman–Crippen MR) is 66.3 cm³/mol. The predicted octanol–water partition coefficient (Wildman–Crippen LogP) is 2.47. The number of aliphatic hydroxyl groups excluding tert-OH is 1. The molecule has 1 fully saturated rings. The highest BCUT2D eigenvalue weighted by molar-refractivity contribution is 9.10. The molecule has 16 heavy (non-hydrogen) atoms. The molecule has 1 aliphatic carbocycles. The molecular formula is C12H14BrNO2. The van der Waals surface area contributed by atoms with Crippen LogP contribution in [0.25, 0.3) is 0 Å². The summed E-state index contributed by atoms with van der Waals surface area (Å²) in [5.74, 6) is -0.0725. The van der Waals surface area contributed by atoms with Crippen LogP contribution in [0.5, 0.6) is 0 Å². The summed E-state index contributed by atoms with van der Waals surface area (Å²) >= 11 is 3.41. The number of nitrogens with one attached hydrogen (secondary N) is 1. The lowest BCUT2D eigenvalue weighted by Gasteiger charge is -2.12. The van der Waals surface area contributed by atoms with Crippen molar-refractivity contribution in [3.63, 3.8) is 0 Å². The second-order valence-corrected chi connectivity index (χ2v) is 5.21. The molecule has 1 aromatic rings. The van der Waals surface area contributed by atoms with Gasteiger partial charge in [0, 0.05) is 10.2 Å². The third-order valence-electron chi connectivity index (χ3n) is 3.05. The fraction of sp³-hybridized carbons (Fsp3) is 0.417. The van der Waals surface area contributed by atoms with Crippen LogP contribution in [0.2, 0.25) is 0 Å². The van der Waals surface area contributed by atoms with E-state index < -0.39 is 5.41 Å². The van der Waals surface area contributed by atoms with Crippen molar-refractivity contribution in [3.05, 3.63) is 28.2 Å². The third-order valence-corrected chi connectivity index (χ3v) is 3.94. The van der Waals surface area contributed by atoms with E-state index in [2.05, 4.69) is 21.2 Å². The van der Waals surface area contributed by atoms with Gasteiger partial charge in [-0.15, -0.1) is 0 Å². The van der Waals surface area contributed by atoms with Crippen LogP contribution in [0.15, 0.2) is 22.7 Å². The number of aryl methyl sites for hydroxylation is 1. The molecule has 1 aliphatic rings. The van der Waals surface area contributed by atoms with Crippen molar-refractivity contribution in [3.8, 4) is 0 Å². The maximum Gasteiger partial charge on any atom is 0.232 e. The number of halogens is 1. The van der Waals surface area contributed by atoms with Crippen molar-refractivity contribution in [1.82, 2.24) is 0 Å². The lowest BCUT2D eigenvalue weighted by atomic mass is 10.1. The van der Waals surface area contributed by atoms with Crippen LogP contribution in [-0.2, 0) is 4.79 Å². The topological polar surface area (TPSA) is 49.3 Å². The highest BCUT2D eigenvalue weighted by Crippen LogP contribution is 2.45. The molecule has 0 atom stereocenters. The first-order chi connectivity index (χ1) is 7.57. The Morgan fingerprint density at radius 2 is 2.25 bits per heavy atom. The van der Waals surface area contributed by atoms with Crippen molar-refractivity contribution in [1.29, 1.82) is 0 Å². The second kappa shape index (κ2) is 4.18. The zero-order valence-corrected chi connectivity index (χ0v) is 10.7. The molecule has 2 rings (SSSR count). The number of aliphatic hydroxyl groups is 1. The van der Waals surface area contributed by atoms with Gasteiger partial charge in [0.15, 0.2) is 0 Å². The molecule has 0 unspecified atom stereocenters. The summed E-state index contributed by atoms with van der Waals surface area (Å²) in [7, 11) is 0. The van der Waals surface area contributed by atoms with E-state index in [4.69, 9.17) is 5.11 Å². The first-order valence-electron chi connectivity index (χ1n) is 5.26. The van der Waals surface area contributed by atoms with Gasteiger partial charge in [0.05, 0.1) is 12.0 Å². The summed E-state index contributed by atoms with van der Waals surface area (Å²) in [6.45, 7) is 1.91. The molecule has 2 N–H and O–H groups in total. The minimum absolute atomic E-state index is 0.0612. The van der Waals surface area contributed by atoms with Crippen LogP contribution >= 0.6 is 15.9 Å². The SMILES string of the molecule is Cc1cc(NC(=O)C2(CO)CC2)ccc1Br. The van der Waals surface area contributed by atoms with E-state index in [9.17, 15) is 4.79 Å². The zero-order valence-electron chi connectivity index (χ0n) is 9.09. The van der Waals surface area contributed by atoms with E-state index in [-0.39, 0.29) is 12.5 Å². The average Bonchev–Trinajstić information content (AvgIpc) is 3.04. The van der Waals surface area contributed by atoms with E-state index in [0.29, 0.717) is 0 Å². The summed E-state index contributed by atoms with van der Waals surface area (Å²) in [5.41, 5.74) is 1.35. The molecule has 0 heterocycles. The Bertz CT molecular complexity index is 427. The Balaban J connectivity index is 2.09. The number of amides is 1. The molecular weight excluding hydrogens is 270 g/mol. The fourth-order valence-corrected chi connectivity index (χ4v) is 1.84. The Labute approximate surface area is 103 Å². The number of hydrogen-bond acceptors (Lipinski definition) is 2. The molecule has 0 aromatic heterocycles. The van der Waals surface area contributed by atoms with Gasteiger partial charge in [0.2, 0.25) is 5.91 Å². The summed E-state index contributed by atoms with van der Waals surface area (Å²) in [6, 6.07) is 5.67. The maximum absolute atomic E-state index is 11.8. The quantitative estimate of drug-likeness (QED) is 0.895. The summed E-state index contributed by atoms with van der Waals surface area (Å²) in [4.78, 5) is 11.8. The molecule has 1 saturated carbocycles. The van der Waals surface area contributed by atoms with Crippen molar-refractivity contribution < 1.29 is 9.90 Å². The standard InChI is InChI=1S/C12H14BrNO2/c1-8-6-9(2-3-10(8)13)14-11(16)12(7-15)4-5-12/h2-3,6,15H,4-5,7H2,1H3,(H,14,16). The monoisotopic (exact) mass is 283 g/mol. The van der Waals surface area contributed by atoms with E-state index in [1.165, 1.54) is 0 Å². The fourth-order valence-electron chi connectivity index (χ4n) is 1.59. The van der Waals surface area contributed by atoms with Crippen molar-refractivity contribution in [2.24, 2.45) is 5.41 Å². The van der Waals surface area contributed by atoms with Crippen molar-refractivity contribution in [2.45, 2.75) is 19.8 Å². The highest BCUT2D eigenvalue weighted by Gasteiger charge is 2.49. The van der Waals surface area contributed by atoms with Gasteiger partial charge in [0.25, 0.3) is 0 Å². The van der Waals surface area contributed by atoms with Crippen LogP contribution in [0.3, 0.4) is 0 Å². The Hall–Kier alpha value is -0.870. The Morgan fingerprint density at radius 3 is 2.75 bits per heavy atom. The molecule has 0 aliphatic heterocycles. The smallest absolute Gasteiger partial charge is 0.232 e. The number of benzene rings is 1. The van der Waals surface area contributed by atoms with Gasteiger partial charge < -0.3 is 10.4 Å². The first-order valence-corrected chi connectivity index (χ1v) is 6.05. The van der Waals surface area contributed by atoms with E-state index in [1.807, 2.05) is 25.1 Å². The number of anilines is 1. The van der Waals surface area contributed by atoms with E-state index in [1.54, 1.807) is 0 Å². The van der Waals surface area contributed by atoms with E-state index >= 15 is 0 Å².